The van der Waals surface area contributed by atoms with E-state index in [1.807, 2.05) is 62.0 Å². The number of hydrogen-bond acceptors (Lipinski definition) is 8. The van der Waals surface area contributed by atoms with Crippen molar-refractivity contribution in [3.05, 3.63) is 72.0 Å². The van der Waals surface area contributed by atoms with Gasteiger partial charge in [0.05, 0.1) is 11.1 Å². The van der Waals surface area contributed by atoms with Crippen molar-refractivity contribution < 1.29 is 29.7 Å². The van der Waals surface area contributed by atoms with Crippen LogP contribution in [0.2, 0.25) is 0 Å². The van der Waals surface area contributed by atoms with Crippen molar-refractivity contribution in [1.29, 1.82) is 0 Å². The van der Waals surface area contributed by atoms with Crippen molar-refractivity contribution in [2.45, 2.75) is 13.8 Å². The molecule has 148 valence electrons. The van der Waals surface area contributed by atoms with Gasteiger partial charge >= 0.3 is 19.5 Å². The number of nitrogens with one attached hydrogen (secondary N) is 2. The Balaban J connectivity index is 0.000000200. The molecule has 0 atom stereocenters. The summed E-state index contributed by atoms with van der Waals surface area (Å²) in [6, 6.07) is 14.3. The van der Waals surface area contributed by atoms with E-state index in [1.54, 1.807) is 24.3 Å². The predicted octanol–water partition coefficient (Wildman–Crippen LogP) is 2.19. The molecule has 29 heavy (non-hydrogen) atoms. The van der Waals surface area contributed by atoms with E-state index >= 15 is 0 Å². The van der Waals surface area contributed by atoms with E-state index in [1.165, 1.54) is 0 Å². The van der Waals surface area contributed by atoms with Crippen molar-refractivity contribution >= 4 is 11.7 Å². The average molecular weight is 446 g/mol. The Kier molecular flexibility index (Phi) is 7.45. The molecule has 4 rings (SSSR count). The molecule has 0 fully saturated rings. The first kappa shape index (κ1) is 22.5. The zero-order valence-corrected chi connectivity index (χ0v) is 20.0. The van der Waals surface area contributed by atoms with Crippen molar-refractivity contribution in [2.75, 3.05) is 14.1 Å². The standard InChI is InChI=1S/2C10H12N3O.Zn/c2*1-7-11-12-10(13(7)2)8-5-3-4-6-9(8)14;/h2*3-6,11,14H,1-2H3;/q2*-1;+2. The Hall–Kier alpha value is -2.80. The summed E-state index contributed by atoms with van der Waals surface area (Å²) in [4.78, 5) is 3.80. The molecule has 4 N–H and O–H groups in total. The number of phenolic OH excluding ortho intramolecular Hbond substituents is 2. The van der Waals surface area contributed by atoms with E-state index in [9.17, 15) is 10.2 Å². The molecule has 0 unspecified atom stereocenters. The van der Waals surface area contributed by atoms with Crippen molar-refractivity contribution in [3.63, 3.8) is 0 Å². The average Bonchev–Trinajstić information content (AvgIpc) is 3.19. The second-order valence-electron chi connectivity index (χ2n) is 6.42. The Morgan fingerprint density at radius 3 is 1.34 bits per heavy atom. The van der Waals surface area contributed by atoms with Gasteiger partial charge in [-0.3, -0.25) is 0 Å². The van der Waals surface area contributed by atoms with Crippen LogP contribution in [0.25, 0.3) is 0 Å². The molecule has 0 aliphatic carbocycles. The van der Waals surface area contributed by atoms with Crippen molar-refractivity contribution in [3.8, 4) is 11.5 Å². The molecule has 2 aliphatic rings. The molecule has 9 heteroatoms. The maximum absolute atomic E-state index is 9.63. The predicted molar refractivity (Wildman–Crippen MR) is 109 cm³/mol. The van der Waals surface area contributed by atoms with Gasteiger partial charge in [0.15, 0.2) is 0 Å². The van der Waals surface area contributed by atoms with E-state index in [0.717, 1.165) is 35.1 Å². The minimum absolute atomic E-state index is 0. The quantitative estimate of drug-likeness (QED) is 0.418. The summed E-state index contributed by atoms with van der Waals surface area (Å²) in [5.41, 5.74) is 7.20. The van der Waals surface area contributed by atoms with Gasteiger partial charge < -0.3 is 30.9 Å². The molecule has 0 spiro atoms. The SMILES string of the molecule is C[C-]1NN=C(c2ccccc2O)N1C.C[C-]1NN=C(c2ccccc2O)N1C.[Zn+2]. The summed E-state index contributed by atoms with van der Waals surface area (Å²) in [5.74, 6) is 1.96. The van der Waals surface area contributed by atoms with E-state index in [2.05, 4.69) is 21.1 Å². The van der Waals surface area contributed by atoms with E-state index in [4.69, 9.17) is 0 Å². The molecular formula is C20H24N6O2Zn. The number of hydrogen-bond donors (Lipinski definition) is 4. The van der Waals surface area contributed by atoms with Crippen LogP contribution in [-0.2, 0) is 19.5 Å². The first-order chi connectivity index (χ1) is 13.4. The summed E-state index contributed by atoms with van der Waals surface area (Å²) in [6.45, 7) is 3.85. The topological polar surface area (TPSA) is 95.7 Å². The molecule has 2 aliphatic heterocycles. The minimum Gasteiger partial charge on any atom is -0.507 e. The molecule has 0 radical (unpaired) electrons. The van der Waals surface area contributed by atoms with E-state index in [-0.39, 0.29) is 31.0 Å². The van der Waals surface area contributed by atoms with Gasteiger partial charge in [0.1, 0.15) is 23.2 Å². The van der Waals surface area contributed by atoms with Crippen LogP contribution in [0.4, 0.5) is 0 Å². The fraction of sp³-hybridized carbons (Fsp3) is 0.200. The van der Waals surface area contributed by atoms with Gasteiger partial charge in [0.25, 0.3) is 0 Å². The minimum atomic E-state index is 0. The van der Waals surface area contributed by atoms with Crippen LogP contribution in [0.5, 0.6) is 11.5 Å². The molecule has 0 saturated heterocycles. The Morgan fingerprint density at radius 2 is 1.07 bits per heavy atom. The maximum atomic E-state index is 9.63. The van der Waals surface area contributed by atoms with Gasteiger partial charge in [0.2, 0.25) is 0 Å². The number of rotatable bonds is 2. The summed E-state index contributed by atoms with van der Waals surface area (Å²) in [7, 11) is 3.81. The molecule has 2 heterocycles. The second-order valence-corrected chi connectivity index (χ2v) is 6.42. The summed E-state index contributed by atoms with van der Waals surface area (Å²) in [5, 5.41) is 27.5. The number of phenols is 2. The fourth-order valence-corrected chi connectivity index (χ4v) is 2.69. The number of aromatic hydroxyl groups is 2. The van der Waals surface area contributed by atoms with Gasteiger partial charge in [0, 0.05) is 0 Å². The normalized spacial score (nSPS) is 16.1. The second kappa shape index (κ2) is 9.61. The molecule has 0 amide bonds. The fourth-order valence-electron chi connectivity index (χ4n) is 2.69. The number of amidine groups is 2. The zero-order valence-electron chi connectivity index (χ0n) is 17.0. The summed E-state index contributed by atoms with van der Waals surface area (Å²) < 4.78 is 0. The third-order valence-electron chi connectivity index (χ3n) is 4.58. The molecule has 0 bridgehead atoms. The van der Waals surface area contributed by atoms with Crippen LogP contribution in [0.3, 0.4) is 0 Å². The Bertz CT molecular complexity index is 831. The first-order valence-corrected chi connectivity index (χ1v) is 8.79. The third kappa shape index (κ3) is 4.79. The van der Waals surface area contributed by atoms with Gasteiger partial charge in [-0.1, -0.05) is 24.3 Å². The monoisotopic (exact) mass is 444 g/mol. The maximum Gasteiger partial charge on any atom is 2.00 e. The Morgan fingerprint density at radius 1 is 0.724 bits per heavy atom. The molecule has 2 aromatic rings. The number of nitrogens with zero attached hydrogens (tertiary/aromatic N) is 4. The van der Waals surface area contributed by atoms with Crippen LogP contribution >= 0.6 is 0 Å². The van der Waals surface area contributed by atoms with Gasteiger partial charge in [-0.05, 0) is 38.4 Å². The Labute approximate surface area is 183 Å². The van der Waals surface area contributed by atoms with Crippen molar-refractivity contribution in [2.24, 2.45) is 10.2 Å². The zero-order chi connectivity index (χ0) is 20.3. The molecule has 8 nitrogen and oxygen atoms in total. The van der Waals surface area contributed by atoms with E-state index in [0.29, 0.717) is 0 Å². The first-order valence-electron chi connectivity index (χ1n) is 8.79. The number of para-hydroxylation sites is 2. The van der Waals surface area contributed by atoms with E-state index < -0.39 is 0 Å². The molecular weight excluding hydrogens is 422 g/mol. The number of hydrazone groups is 2. The van der Waals surface area contributed by atoms with Gasteiger partial charge in [-0.15, -0.1) is 12.3 Å². The van der Waals surface area contributed by atoms with Gasteiger partial charge in [-0.2, -0.15) is 24.1 Å². The number of benzene rings is 2. The summed E-state index contributed by atoms with van der Waals surface area (Å²) in [6.07, 6.45) is 1.89. The molecule has 0 aromatic heterocycles. The van der Waals surface area contributed by atoms with Crippen LogP contribution in [0.1, 0.15) is 25.0 Å². The van der Waals surface area contributed by atoms with Crippen LogP contribution in [0, 0.1) is 12.3 Å². The van der Waals surface area contributed by atoms with Crippen LogP contribution in [0.15, 0.2) is 58.7 Å². The van der Waals surface area contributed by atoms with Crippen LogP contribution < -0.4 is 10.9 Å². The van der Waals surface area contributed by atoms with Crippen LogP contribution in [-0.4, -0.2) is 45.8 Å². The smallest absolute Gasteiger partial charge is 0.507 e. The summed E-state index contributed by atoms with van der Waals surface area (Å²) >= 11 is 0. The van der Waals surface area contributed by atoms with Crippen molar-refractivity contribution in [1.82, 2.24) is 20.7 Å². The molecule has 2 aromatic carbocycles. The molecule has 0 saturated carbocycles. The third-order valence-corrected chi connectivity index (χ3v) is 4.58. The van der Waals surface area contributed by atoms with Gasteiger partial charge in [-0.25, -0.2) is 0 Å². The largest absolute Gasteiger partial charge is 2.00 e.